The number of hydrogen-bond donors (Lipinski definition) is 0. The van der Waals surface area contributed by atoms with Gasteiger partial charge in [0.15, 0.2) is 0 Å². The zero-order valence-corrected chi connectivity index (χ0v) is 20.4. The van der Waals surface area contributed by atoms with E-state index in [2.05, 4.69) is 121 Å². The molecule has 0 aliphatic carbocycles. The molecule has 29 heavy (non-hydrogen) atoms. The smallest absolute Gasteiger partial charge is 0 e. The second kappa shape index (κ2) is 16.2. The fourth-order valence-electron chi connectivity index (χ4n) is 2.42. The summed E-state index contributed by atoms with van der Waals surface area (Å²) in [6.45, 7) is 4.00. The molecule has 4 aromatic rings. The Balaban J connectivity index is 0.000000259. The van der Waals surface area contributed by atoms with Crippen LogP contribution in [0.5, 0.6) is 0 Å². The molecular weight excluding hydrogens is 481 g/mol. The van der Waals surface area contributed by atoms with Gasteiger partial charge in [-0.3, -0.25) is 0 Å². The largest absolute Gasteiger partial charge is 0.0683 e. The molecular formula is C26H28P2Pd. The van der Waals surface area contributed by atoms with E-state index < -0.39 is 0 Å². The molecule has 0 nitrogen and oxygen atoms in total. The topological polar surface area (TPSA) is 0 Å². The molecule has 0 amide bonds. The summed E-state index contributed by atoms with van der Waals surface area (Å²) in [5.74, 6) is 0. The van der Waals surface area contributed by atoms with Crippen LogP contribution in [0.2, 0.25) is 0 Å². The van der Waals surface area contributed by atoms with E-state index in [0.717, 1.165) is 17.2 Å². The molecule has 0 bridgehead atoms. The van der Waals surface area contributed by atoms with Crippen molar-refractivity contribution in [2.45, 2.75) is 13.8 Å². The van der Waals surface area contributed by atoms with Crippen molar-refractivity contribution in [3.8, 4) is 0 Å². The summed E-state index contributed by atoms with van der Waals surface area (Å²) in [6.07, 6.45) is 0. The Labute approximate surface area is 193 Å². The van der Waals surface area contributed by atoms with Crippen LogP contribution in [-0.4, -0.2) is 0 Å². The summed E-state index contributed by atoms with van der Waals surface area (Å²) in [4.78, 5) is 0. The first-order valence-corrected chi connectivity index (χ1v) is 11.6. The van der Waals surface area contributed by atoms with E-state index in [1.807, 2.05) is 13.8 Å². The summed E-state index contributed by atoms with van der Waals surface area (Å²) < 4.78 is 0. The van der Waals surface area contributed by atoms with E-state index in [1.165, 1.54) is 21.2 Å². The molecule has 0 fully saturated rings. The maximum atomic E-state index is 2.17. The summed E-state index contributed by atoms with van der Waals surface area (Å²) in [5, 5.41) is 5.59. The normalized spacial score (nSPS) is 9.03. The zero-order valence-electron chi connectivity index (χ0n) is 16.9. The molecule has 0 heterocycles. The van der Waals surface area contributed by atoms with Gasteiger partial charge in [-0.05, 0) is 21.2 Å². The average molecular weight is 509 g/mol. The van der Waals surface area contributed by atoms with Crippen molar-refractivity contribution >= 4 is 38.4 Å². The van der Waals surface area contributed by atoms with Crippen molar-refractivity contribution in [1.82, 2.24) is 0 Å². The quantitative estimate of drug-likeness (QED) is 0.247. The van der Waals surface area contributed by atoms with Crippen molar-refractivity contribution in [3.05, 3.63) is 121 Å². The molecule has 0 saturated heterocycles. The van der Waals surface area contributed by atoms with Crippen LogP contribution in [0.1, 0.15) is 13.8 Å². The average Bonchev–Trinajstić information content (AvgIpc) is 2.79. The minimum atomic E-state index is 0. The minimum Gasteiger partial charge on any atom is -0.0683 e. The Morgan fingerprint density at radius 2 is 0.517 bits per heavy atom. The Morgan fingerprint density at radius 3 is 0.690 bits per heavy atom. The minimum absolute atomic E-state index is 0. The van der Waals surface area contributed by atoms with Crippen LogP contribution in [-0.2, 0) is 20.4 Å². The van der Waals surface area contributed by atoms with Crippen LogP contribution < -0.4 is 21.2 Å². The van der Waals surface area contributed by atoms with Gasteiger partial charge in [0.2, 0.25) is 0 Å². The van der Waals surface area contributed by atoms with Crippen LogP contribution in [0, 0.1) is 0 Å². The third kappa shape index (κ3) is 10.7. The third-order valence-electron chi connectivity index (χ3n) is 3.67. The van der Waals surface area contributed by atoms with Gasteiger partial charge in [0.1, 0.15) is 0 Å². The van der Waals surface area contributed by atoms with E-state index in [4.69, 9.17) is 0 Å². The molecule has 0 aromatic heterocycles. The maximum Gasteiger partial charge on any atom is 0 e. The fraction of sp³-hybridized carbons (Fsp3) is 0.0769. The maximum absolute atomic E-state index is 2.17. The molecule has 0 aliphatic rings. The molecule has 152 valence electrons. The van der Waals surface area contributed by atoms with E-state index in [0.29, 0.717) is 0 Å². The predicted octanol–water partition coefficient (Wildman–Crippen LogP) is 5.66. The third-order valence-corrected chi connectivity index (χ3v) is 6.16. The van der Waals surface area contributed by atoms with E-state index >= 15 is 0 Å². The molecule has 4 aromatic carbocycles. The fourth-order valence-corrected chi connectivity index (χ4v) is 4.52. The van der Waals surface area contributed by atoms with Crippen molar-refractivity contribution in [2.75, 3.05) is 0 Å². The first-order valence-electron chi connectivity index (χ1n) is 9.64. The van der Waals surface area contributed by atoms with Crippen molar-refractivity contribution in [1.29, 1.82) is 0 Å². The van der Waals surface area contributed by atoms with Crippen molar-refractivity contribution < 1.29 is 20.4 Å². The van der Waals surface area contributed by atoms with E-state index in [9.17, 15) is 0 Å². The van der Waals surface area contributed by atoms with Gasteiger partial charge in [0, 0.05) is 20.4 Å². The van der Waals surface area contributed by atoms with Crippen LogP contribution in [0.25, 0.3) is 0 Å². The Hall–Kier alpha value is -1.60. The zero-order chi connectivity index (χ0) is 19.9. The van der Waals surface area contributed by atoms with Gasteiger partial charge < -0.3 is 0 Å². The molecule has 3 heteroatoms. The predicted molar refractivity (Wildman–Crippen MR) is 132 cm³/mol. The van der Waals surface area contributed by atoms with Crippen LogP contribution >= 0.6 is 17.2 Å². The first kappa shape index (κ1) is 25.4. The standard InChI is InChI=1S/2C12H11P.C2H6.Pd/c2*1-3-7-11(8-4-1)13-12-9-5-2-6-10-12;1-2;/h2*1-10,13H;1-2H3;. The van der Waals surface area contributed by atoms with Gasteiger partial charge in [-0.1, -0.05) is 152 Å². The summed E-state index contributed by atoms with van der Waals surface area (Å²) in [6, 6.07) is 42.3. The Bertz CT molecular complexity index is 715. The number of rotatable bonds is 4. The molecule has 0 atom stereocenters. The first-order chi connectivity index (χ1) is 13.9. The van der Waals surface area contributed by atoms with Gasteiger partial charge in [-0.2, -0.15) is 0 Å². The van der Waals surface area contributed by atoms with Crippen molar-refractivity contribution in [3.63, 3.8) is 0 Å². The number of hydrogen-bond acceptors (Lipinski definition) is 0. The summed E-state index contributed by atoms with van der Waals surface area (Å²) in [5.41, 5.74) is 0. The van der Waals surface area contributed by atoms with E-state index in [-0.39, 0.29) is 20.4 Å². The SMILES string of the molecule is CC.[Pd].c1ccc(Pc2ccccc2)cc1.c1ccc(Pc2ccccc2)cc1. The van der Waals surface area contributed by atoms with Gasteiger partial charge in [-0.15, -0.1) is 0 Å². The van der Waals surface area contributed by atoms with Gasteiger partial charge in [-0.25, -0.2) is 0 Å². The Morgan fingerprint density at radius 1 is 0.345 bits per heavy atom. The molecule has 0 spiro atoms. The van der Waals surface area contributed by atoms with Gasteiger partial charge >= 0.3 is 0 Å². The van der Waals surface area contributed by atoms with Crippen molar-refractivity contribution in [2.24, 2.45) is 0 Å². The van der Waals surface area contributed by atoms with Crippen LogP contribution in [0.4, 0.5) is 0 Å². The summed E-state index contributed by atoms with van der Waals surface area (Å²) in [7, 11) is 1.55. The van der Waals surface area contributed by atoms with Crippen LogP contribution in [0.3, 0.4) is 0 Å². The van der Waals surface area contributed by atoms with Gasteiger partial charge in [0.05, 0.1) is 0 Å². The molecule has 0 aliphatic heterocycles. The Kier molecular flexibility index (Phi) is 14.2. The van der Waals surface area contributed by atoms with E-state index in [1.54, 1.807) is 0 Å². The molecule has 0 N–H and O–H groups in total. The number of benzene rings is 4. The molecule has 0 saturated carbocycles. The van der Waals surface area contributed by atoms with Crippen LogP contribution in [0.15, 0.2) is 121 Å². The summed E-state index contributed by atoms with van der Waals surface area (Å²) >= 11 is 0. The van der Waals surface area contributed by atoms with Gasteiger partial charge in [0.25, 0.3) is 0 Å². The second-order valence-electron chi connectivity index (χ2n) is 5.71. The molecule has 0 radical (unpaired) electrons. The molecule has 4 rings (SSSR count). The second-order valence-corrected chi connectivity index (χ2v) is 8.52. The molecule has 0 unspecified atom stereocenters. The monoisotopic (exact) mass is 508 g/mol.